The third kappa shape index (κ3) is 4.16. The van der Waals surface area contributed by atoms with Crippen LogP contribution < -0.4 is 11.1 Å². The molecule has 0 spiro atoms. The van der Waals surface area contributed by atoms with Crippen molar-refractivity contribution in [3.63, 3.8) is 0 Å². The van der Waals surface area contributed by atoms with E-state index in [0.29, 0.717) is 40.9 Å². The number of hydrogen-bond donors (Lipinski definition) is 2. The highest BCUT2D eigenvalue weighted by molar-refractivity contribution is 6.06. The second-order valence-electron chi connectivity index (χ2n) is 8.10. The van der Waals surface area contributed by atoms with Crippen molar-refractivity contribution in [3.8, 4) is 11.3 Å². The van der Waals surface area contributed by atoms with Gasteiger partial charge in [-0.2, -0.15) is 5.10 Å². The van der Waals surface area contributed by atoms with Gasteiger partial charge in [-0.15, -0.1) is 0 Å². The zero-order valence-corrected chi connectivity index (χ0v) is 18.2. The highest BCUT2D eigenvalue weighted by Gasteiger charge is 2.19. The Kier molecular flexibility index (Phi) is 5.50. The van der Waals surface area contributed by atoms with E-state index in [9.17, 15) is 4.79 Å². The van der Waals surface area contributed by atoms with Crippen molar-refractivity contribution in [1.82, 2.24) is 30.0 Å². The Labute approximate surface area is 180 Å². The largest absolute Gasteiger partial charge is 0.368 e. The lowest BCUT2D eigenvalue weighted by atomic mass is 10.0. The van der Waals surface area contributed by atoms with E-state index >= 15 is 0 Å². The minimum Gasteiger partial charge on any atom is -0.368 e. The molecular weight excluding hydrogens is 392 g/mol. The highest BCUT2D eigenvalue weighted by atomic mass is 16.1. The van der Waals surface area contributed by atoms with Crippen molar-refractivity contribution in [2.45, 2.75) is 40.2 Å². The van der Waals surface area contributed by atoms with Gasteiger partial charge < -0.3 is 11.1 Å². The highest BCUT2D eigenvalue weighted by Crippen LogP contribution is 2.26. The summed E-state index contributed by atoms with van der Waals surface area (Å²) in [5, 5.41) is 8.21. The average Bonchev–Trinajstić information content (AvgIpc) is 3.17. The van der Waals surface area contributed by atoms with Crippen LogP contribution in [-0.2, 0) is 0 Å². The number of nitrogens with two attached hydrogens (primary N) is 1. The number of carbonyl (C=O) groups excluding carboxylic acids is 1. The van der Waals surface area contributed by atoms with Gasteiger partial charge in [0.2, 0.25) is 5.95 Å². The second kappa shape index (κ2) is 8.25. The van der Waals surface area contributed by atoms with Crippen LogP contribution in [0.15, 0.2) is 40.8 Å². The van der Waals surface area contributed by atoms with Crippen LogP contribution in [0.1, 0.15) is 50.5 Å². The number of hydrogen-bond acceptors (Lipinski definition) is 7. The monoisotopic (exact) mass is 418 g/mol. The molecule has 0 fully saturated rings. The molecule has 0 aliphatic carbocycles. The van der Waals surface area contributed by atoms with Gasteiger partial charge in [0, 0.05) is 42.7 Å². The fourth-order valence-electron chi connectivity index (χ4n) is 3.62. The molecule has 0 radical (unpaired) electrons. The standard InChI is InChI=1S/C22H26N8O/c1-12(2)30-20-18(11-28-30)17(6-19(29-20)16-9-26-22(23)27-10-16)21(31)25-8-15-7-24-14(4)5-13(15)3/h6,9-12H,5,7-8H2,1-4H3,(H,25,31)(H2,23,26,27). The van der Waals surface area contributed by atoms with Crippen LogP contribution in [0.2, 0.25) is 0 Å². The van der Waals surface area contributed by atoms with Gasteiger partial charge >= 0.3 is 0 Å². The molecule has 3 aromatic rings. The molecule has 3 N–H and O–H groups in total. The summed E-state index contributed by atoms with van der Waals surface area (Å²) in [6, 6.07) is 1.85. The smallest absolute Gasteiger partial charge is 0.252 e. The molecular formula is C22H26N8O. The second-order valence-corrected chi connectivity index (χ2v) is 8.10. The quantitative estimate of drug-likeness (QED) is 0.614. The third-order valence-electron chi connectivity index (χ3n) is 5.39. The Morgan fingerprint density at radius 2 is 1.97 bits per heavy atom. The van der Waals surface area contributed by atoms with Crippen molar-refractivity contribution in [2.75, 3.05) is 18.8 Å². The first-order chi connectivity index (χ1) is 14.8. The van der Waals surface area contributed by atoms with Crippen LogP contribution in [-0.4, -0.2) is 49.4 Å². The summed E-state index contributed by atoms with van der Waals surface area (Å²) in [4.78, 5) is 30.6. The maximum atomic E-state index is 13.2. The summed E-state index contributed by atoms with van der Waals surface area (Å²) < 4.78 is 1.80. The van der Waals surface area contributed by atoms with E-state index in [4.69, 9.17) is 10.7 Å². The number of nitrogens with one attached hydrogen (secondary N) is 1. The van der Waals surface area contributed by atoms with Gasteiger partial charge in [-0.1, -0.05) is 5.57 Å². The summed E-state index contributed by atoms with van der Waals surface area (Å²) >= 11 is 0. The van der Waals surface area contributed by atoms with E-state index in [-0.39, 0.29) is 17.9 Å². The summed E-state index contributed by atoms with van der Waals surface area (Å²) in [7, 11) is 0. The molecule has 0 saturated heterocycles. The number of pyridine rings is 1. The van der Waals surface area contributed by atoms with Crippen LogP contribution in [0.25, 0.3) is 22.3 Å². The molecule has 4 rings (SSSR count). The van der Waals surface area contributed by atoms with Crippen molar-refractivity contribution < 1.29 is 4.79 Å². The molecule has 4 heterocycles. The number of carbonyl (C=O) groups is 1. The van der Waals surface area contributed by atoms with Crippen LogP contribution in [0.4, 0.5) is 5.95 Å². The third-order valence-corrected chi connectivity index (χ3v) is 5.39. The lowest BCUT2D eigenvalue weighted by Crippen LogP contribution is -2.28. The number of nitrogens with zero attached hydrogens (tertiary/aromatic N) is 6. The van der Waals surface area contributed by atoms with Gasteiger partial charge in [0.25, 0.3) is 5.91 Å². The maximum Gasteiger partial charge on any atom is 0.252 e. The minimum absolute atomic E-state index is 0.0926. The van der Waals surface area contributed by atoms with Crippen molar-refractivity contribution in [3.05, 3.63) is 41.4 Å². The Morgan fingerprint density at radius 1 is 1.23 bits per heavy atom. The predicted molar refractivity (Wildman–Crippen MR) is 121 cm³/mol. The van der Waals surface area contributed by atoms with Crippen LogP contribution in [0.3, 0.4) is 0 Å². The maximum absolute atomic E-state index is 13.2. The molecule has 31 heavy (non-hydrogen) atoms. The Hall–Kier alpha value is -3.62. The molecule has 1 aliphatic heterocycles. The van der Waals surface area contributed by atoms with Crippen molar-refractivity contribution >= 4 is 28.6 Å². The van der Waals surface area contributed by atoms with E-state index in [0.717, 1.165) is 17.7 Å². The minimum atomic E-state index is -0.181. The number of allylic oxidation sites excluding steroid dienone is 1. The number of dihydropyridines is 1. The van der Waals surface area contributed by atoms with E-state index in [2.05, 4.69) is 32.3 Å². The summed E-state index contributed by atoms with van der Waals surface area (Å²) in [5.74, 6) is 0.00364. The number of aromatic nitrogens is 5. The van der Waals surface area contributed by atoms with Crippen LogP contribution >= 0.6 is 0 Å². The van der Waals surface area contributed by atoms with E-state index in [1.807, 2.05) is 20.8 Å². The van der Waals surface area contributed by atoms with Gasteiger partial charge in [0.15, 0.2) is 5.65 Å². The normalized spacial score (nSPS) is 14.3. The Balaban J connectivity index is 1.71. The molecule has 0 atom stereocenters. The Bertz CT molecular complexity index is 1200. The molecule has 0 bridgehead atoms. The first kappa shape index (κ1) is 20.6. The number of amides is 1. The summed E-state index contributed by atoms with van der Waals surface area (Å²) in [6.07, 6.45) is 5.75. The lowest BCUT2D eigenvalue weighted by molar-refractivity contribution is 0.0958. The molecule has 0 saturated carbocycles. The van der Waals surface area contributed by atoms with Gasteiger partial charge in [0.05, 0.1) is 29.4 Å². The SMILES string of the molecule is CC1=NCC(CNC(=O)c2cc(-c3cnc(N)nc3)nc3c2cnn3C(C)C)=C(C)C1. The Morgan fingerprint density at radius 3 is 2.65 bits per heavy atom. The number of nitrogen functional groups attached to an aromatic ring is 1. The molecule has 0 unspecified atom stereocenters. The molecule has 9 heteroatoms. The predicted octanol–water partition coefficient (Wildman–Crippen LogP) is 2.96. The van der Waals surface area contributed by atoms with Gasteiger partial charge in [-0.25, -0.2) is 19.6 Å². The molecule has 9 nitrogen and oxygen atoms in total. The van der Waals surface area contributed by atoms with Gasteiger partial charge in [-0.3, -0.25) is 9.79 Å². The molecule has 1 amide bonds. The summed E-state index contributed by atoms with van der Waals surface area (Å²) in [5.41, 5.74) is 11.6. The number of anilines is 1. The molecule has 1 aliphatic rings. The average molecular weight is 419 g/mol. The summed E-state index contributed by atoms with van der Waals surface area (Å²) in [6.45, 7) is 9.26. The lowest BCUT2D eigenvalue weighted by Gasteiger charge is -2.17. The first-order valence-corrected chi connectivity index (χ1v) is 10.2. The number of fused-ring (bicyclic) bond motifs is 1. The first-order valence-electron chi connectivity index (χ1n) is 10.2. The van der Waals surface area contributed by atoms with E-state index in [1.54, 1.807) is 29.3 Å². The molecule has 160 valence electrons. The van der Waals surface area contributed by atoms with Crippen LogP contribution in [0.5, 0.6) is 0 Å². The molecule has 0 aromatic carbocycles. The van der Waals surface area contributed by atoms with E-state index in [1.165, 1.54) is 5.57 Å². The zero-order chi connectivity index (χ0) is 22.1. The van der Waals surface area contributed by atoms with Gasteiger partial charge in [0.1, 0.15) is 0 Å². The molecule has 3 aromatic heterocycles. The van der Waals surface area contributed by atoms with E-state index < -0.39 is 0 Å². The zero-order valence-electron chi connectivity index (χ0n) is 18.2. The fourth-order valence-corrected chi connectivity index (χ4v) is 3.62. The van der Waals surface area contributed by atoms with Gasteiger partial charge in [-0.05, 0) is 39.3 Å². The topological polar surface area (TPSA) is 124 Å². The number of rotatable bonds is 5. The van der Waals surface area contributed by atoms with Crippen molar-refractivity contribution in [2.24, 2.45) is 4.99 Å². The fraction of sp³-hybridized carbons (Fsp3) is 0.364. The van der Waals surface area contributed by atoms with Crippen LogP contribution in [0, 0.1) is 0 Å². The van der Waals surface area contributed by atoms with Crippen molar-refractivity contribution in [1.29, 1.82) is 0 Å². The number of aliphatic imine (C=N–C) groups is 1.